The molecular weight excluding hydrogens is 596 g/mol. The van der Waals surface area contributed by atoms with Crippen molar-refractivity contribution in [3.8, 4) is 34.4 Å². The van der Waals surface area contributed by atoms with Crippen LogP contribution in [-0.4, -0.2) is 19.9 Å². The van der Waals surface area contributed by atoms with E-state index in [0.29, 0.717) is 5.56 Å². The van der Waals surface area contributed by atoms with E-state index in [-0.39, 0.29) is 5.57 Å². The highest BCUT2D eigenvalue weighted by atomic mass is 79.9. The Hall–Kier alpha value is -5.76. The van der Waals surface area contributed by atoms with Crippen molar-refractivity contribution in [2.75, 3.05) is 0 Å². The summed E-state index contributed by atoms with van der Waals surface area (Å²) in [5, 5.41) is 19.3. The smallest absolute Gasteiger partial charge is 0.130 e. The first-order valence-corrected chi connectivity index (χ1v) is 14.4. The van der Waals surface area contributed by atoms with Crippen LogP contribution >= 0.6 is 15.9 Å². The maximum absolute atomic E-state index is 9.65. The zero-order chi connectivity index (χ0) is 29.3. The summed E-state index contributed by atoms with van der Waals surface area (Å²) in [7, 11) is 0. The fraction of sp³-hybridized carbons (Fsp3) is 0. The maximum atomic E-state index is 9.65. The number of nitriles is 2. The Balaban J connectivity index is 1.68. The van der Waals surface area contributed by atoms with Crippen LogP contribution < -0.4 is 0 Å². The molecule has 0 atom stereocenters. The predicted molar refractivity (Wildman–Crippen MR) is 177 cm³/mol. The molecule has 0 unspecified atom stereocenters. The molecule has 0 fully saturated rings. The number of rotatable bonds is 3. The van der Waals surface area contributed by atoms with Crippen LogP contribution in [-0.2, 0) is 0 Å². The molecule has 7 rings (SSSR count). The van der Waals surface area contributed by atoms with Crippen molar-refractivity contribution in [1.82, 2.24) is 19.9 Å². The first-order valence-electron chi connectivity index (χ1n) is 13.6. The van der Waals surface area contributed by atoms with E-state index in [1.54, 1.807) is 6.08 Å². The van der Waals surface area contributed by atoms with Crippen molar-refractivity contribution in [3.05, 3.63) is 123 Å². The standard InChI is InChI=1S/C36H21BrN6/c37-36-32-17-15-30(42-32)34(23-7-3-1-4-8-23)28-13-11-26(40-28)25(19-22(20-38)21-39)27-12-14-29(41-27)35(24-9-5-2-6-10-24)31-16-18-33(36)43-31/h1-19,40-41H. The first kappa shape index (κ1) is 26.2. The molecule has 6 nitrogen and oxygen atoms in total. The summed E-state index contributed by atoms with van der Waals surface area (Å²) in [5.74, 6) is 0. The largest absolute Gasteiger partial charge is 0.354 e. The molecule has 8 bridgehead atoms. The highest BCUT2D eigenvalue weighted by Crippen LogP contribution is 2.35. The predicted octanol–water partition coefficient (Wildman–Crippen LogP) is 9.18. The maximum Gasteiger partial charge on any atom is 0.130 e. The van der Waals surface area contributed by atoms with E-state index in [4.69, 9.17) is 9.97 Å². The van der Waals surface area contributed by atoms with E-state index in [9.17, 15) is 10.5 Å². The average molecular weight is 618 g/mol. The number of nitrogens with one attached hydrogen (secondary N) is 2. The Morgan fingerprint density at radius 1 is 0.581 bits per heavy atom. The lowest BCUT2D eigenvalue weighted by Gasteiger charge is -2.04. The lowest BCUT2D eigenvalue weighted by atomic mass is 10.0. The molecule has 0 saturated heterocycles. The normalized spacial score (nSPS) is 11.6. The third-order valence-corrected chi connectivity index (χ3v) is 8.20. The van der Waals surface area contributed by atoms with Crippen molar-refractivity contribution < 1.29 is 0 Å². The number of benzene rings is 2. The quantitative estimate of drug-likeness (QED) is 0.193. The number of H-pyrrole nitrogens is 2. The van der Waals surface area contributed by atoms with Crippen molar-refractivity contribution in [2.45, 2.75) is 0 Å². The van der Waals surface area contributed by atoms with Crippen molar-refractivity contribution >= 4 is 68.4 Å². The van der Waals surface area contributed by atoms with Gasteiger partial charge in [-0.15, -0.1) is 0 Å². The van der Waals surface area contributed by atoms with Crippen molar-refractivity contribution in [2.24, 2.45) is 0 Å². The summed E-state index contributed by atoms with van der Waals surface area (Å²) in [6, 6.07) is 32.1. The van der Waals surface area contributed by atoms with Gasteiger partial charge < -0.3 is 9.97 Å². The molecule has 0 amide bonds. The lowest BCUT2D eigenvalue weighted by molar-refractivity contribution is 1.25. The van der Waals surface area contributed by atoms with Crippen LogP contribution in [0.25, 0.3) is 74.7 Å². The molecule has 2 aliphatic rings. The number of allylic oxidation sites excluding steroid dienone is 1. The third-order valence-electron chi connectivity index (χ3n) is 7.39. The molecule has 7 heteroatoms. The highest BCUT2D eigenvalue weighted by molar-refractivity contribution is 9.10. The molecule has 2 aliphatic heterocycles. The zero-order valence-electron chi connectivity index (χ0n) is 22.6. The van der Waals surface area contributed by atoms with Gasteiger partial charge in [0.25, 0.3) is 0 Å². The van der Waals surface area contributed by atoms with Gasteiger partial charge in [-0.3, -0.25) is 0 Å². The van der Waals surface area contributed by atoms with Crippen LogP contribution in [0.15, 0.2) is 95.0 Å². The summed E-state index contributed by atoms with van der Waals surface area (Å²) in [6.07, 6.45) is 9.61. The summed E-state index contributed by atoms with van der Waals surface area (Å²) < 4.78 is 0.803. The molecule has 0 radical (unpaired) electrons. The Bertz CT molecular complexity index is 2100. The minimum atomic E-state index is 0.00121. The number of nitrogens with zero attached hydrogens (tertiary/aromatic N) is 4. The van der Waals surface area contributed by atoms with E-state index in [0.717, 1.165) is 71.6 Å². The SMILES string of the molecule is N#CC(C#N)=Cc1c2ccc([nH]2)c(-c2ccccc2)c2nc(c(Br)c3nc(c(-c4ccccc4)c4ccc1[nH]4)C=C3)C=C2. The molecule has 0 aliphatic carbocycles. The van der Waals surface area contributed by atoms with Gasteiger partial charge >= 0.3 is 0 Å². The highest BCUT2D eigenvalue weighted by Gasteiger charge is 2.17. The second kappa shape index (κ2) is 10.9. The lowest BCUT2D eigenvalue weighted by Crippen LogP contribution is -1.88. The van der Waals surface area contributed by atoms with Crippen LogP contribution in [0.4, 0.5) is 0 Å². The summed E-state index contributed by atoms with van der Waals surface area (Å²) in [5.41, 5.74) is 10.9. The number of halogens is 1. The van der Waals surface area contributed by atoms with Crippen LogP contribution in [0.5, 0.6) is 0 Å². The number of aromatic nitrogens is 4. The monoisotopic (exact) mass is 616 g/mol. The Morgan fingerprint density at radius 2 is 1.00 bits per heavy atom. The molecule has 2 N–H and O–H groups in total. The Labute approximate surface area is 255 Å². The van der Waals surface area contributed by atoms with Crippen molar-refractivity contribution in [3.63, 3.8) is 0 Å². The van der Waals surface area contributed by atoms with Crippen LogP contribution in [0, 0.1) is 22.7 Å². The fourth-order valence-corrected chi connectivity index (χ4v) is 5.84. The second-order valence-electron chi connectivity index (χ2n) is 9.99. The van der Waals surface area contributed by atoms with E-state index < -0.39 is 0 Å². The summed E-state index contributed by atoms with van der Waals surface area (Å²) in [6.45, 7) is 0. The van der Waals surface area contributed by atoms with E-state index in [1.165, 1.54) is 0 Å². The number of aromatic amines is 2. The molecule has 5 aromatic rings. The first-order chi connectivity index (χ1) is 21.1. The summed E-state index contributed by atoms with van der Waals surface area (Å²) >= 11 is 3.79. The minimum absolute atomic E-state index is 0.00121. The average Bonchev–Trinajstić information content (AvgIpc) is 3.87. The van der Waals surface area contributed by atoms with Crippen molar-refractivity contribution in [1.29, 1.82) is 10.5 Å². The molecule has 43 heavy (non-hydrogen) atoms. The second-order valence-corrected chi connectivity index (χ2v) is 10.8. The number of hydrogen-bond donors (Lipinski definition) is 2. The minimum Gasteiger partial charge on any atom is -0.354 e. The Morgan fingerprint density at radius 3 is 1.44 bits per heavy atom. The Kier molecular flexibility index (Phi) is 6.63. The molecule has 3 aromatic heterocycles. The molecular formula is C36H21BrN6. The van der Waals surface area contributed by atoms with E-state index in [2.05, 4.69) is 50.2 Å². The third kappa shape index (κ3) is 4.78. The van der Waals surface area contributed by atoms with Gasteiger partial charge in [0.05, 0.1) is 27.2 Å². The zero-order valence-corrected chi connectivity index (χ0v) is 24.2. The van der Waals surface area contributed by atoms with Gasteiger partial charge in [0, 0.05) is 38.8 Å². The van der Waals surface area contributed by atoms with Crippen LogP contribution in [0.2, 0.25) is 0 Å². The van der Waals surface area contributed by atoms with Gasteiger partial charge in [-0.05, 0) is 81.7 Å². The van der Waals surface area contributed by atoms with Gasteiger partial charge in [0.15, 0.2) is 0 Å². The molecule has 0 spiro atoms. The van der Waals surface area contributed by atoms with Gasteiger partial charge in [-0.1, -0.05) is 60.7 Å². The van der Waals surface area contributed by atoms with E-state index in [1.807, 2.05) is 97.1 Å². The molecule has 5 heterocycles. The molecule has 2 aromatic carbocycles. The van der Waals surface area contributed by atoms with Gasteiger partial charge in [-0.25, -0.2) is 9.97 Å². The molecule has 0 saturated carbocycles. The fourth-order valence-electron chi connectivity index (χ4n) is 5.40. The van der Waals surface area contributed by atoms with Crippen LogP contribution in [0.3, 0.4) is 0 Å². The van der Waals surface area contributed by atoms with Gasteiger partial charge in [0.1, 0.15) is 17.7 Å². The number of fused-ring (bicyclic) bond motifs is 8. The van der Waals surface area contributed by atoms with Gasteiger partial charge in [0.2, 0.25) is 0 Å². The number of hydrogen-bond acceptors (Lipinski definition) is 4. The summed E-state index contributed by atoms with van der Waals surface area (Å²) in [4.78, 5) is 17.2. The van der Waals surface area contributed by atoms with Gasteiger partial charge in [-0.2, -0.15) is 10.5 Å². The topological polar surface area (TPSA) is 105 Å². The van der Waals surface area contributed by atoms with Crippen LogP contribution in [0.1, 0.15) is 28.3 Å². The van der Waals surface area contributed by atoms with E-state index >= 15 is 0 Å². The molecule has 202 valence electrons.